The normalized spacial score (nSPS) is 19.2. The van der Waals surface area contributed by atoms with Crippen LogP contribution in [-0.2, 0) is 9.53 Å². The maximum atomic E-state index is 13.9. The monoisotopic (exact) mass is 571 g/mol. The molecule has 0 aromatic carbocycles. The van der Waals surface area contributed by atoms with Gasteiger partial charge < -0.3 is 14.5 Å². The Bertz CT molecular complexity index is 1230. The number of ether oxygens (including phenoxy) is 1. The minimum atomic E-state index is -0.649. The third-order valence-electron chi connectivity index (χ3n) is 7.84. The highest BCUT2D eigenvalue weighted by Gasteiger charge is 2.35. The van der Waals surface area contributed by atoms with Crippen molar-refractivity contribution in [1.82, 2.24) is 19.7 Å². The molecule has 2 aromatic rings. The van der Waals surface area contributed by atoms with E-state index in [0.29, 0.717) is 29.7 Å². The van der Waals surface area contributed by atoms with Crippen molar-refractivity contribution in [2.24, 2.45) is 5.92 Å². The Balaban J connectivity index is 1.45. The van der Waals surface area contributed by atoms with E-state index in [9.17, 15) is 14.4 Å². The number of rotatable bonds is 6. The molecule has 10 heteroatoms. The van der Waals surface area contributed by atoms with Crippen LogP contribution in [-0.4, -0.2) is 88.0 Å². The first-order valence-electron chi connectivity index (χ1n) is 14.6. The summed E-state index contributed by atoms with van der Waals surface area (Å²) in [5, 5.41) is 4.04. The van der Waals surface area contributed by atoms with Crippen LogP contribution >= 0.6 is 11.3 Å². The number of fused-ring (bicyclic) bond motifs is 1. The van der Waals surface area contributed by atoms with E-state index in [-0.39, 0.29) is 23.8 Å². The molecule has 0 bridgehead atoms. The number of carbonyl (C=O) groups excluding carboxylic acids is 3. The molecule has 0 radical (unpaired) electrons. The van der Waals surface area contributed by atoms with E-state index >= 15 is 0 Å². The molecule has 0 spiro atoms. The van der Waals surface area contributed by atoms with E-state index in [1.165, 1.54) is 11.3 Å². The molecule has 2 aromatic heterocycles. The Kier molecular flexibility index (Phi) is 9.40. The molecule has 40 heavy (non-hydrogen) atoms. The largest absolute Gasteiger partial charge is 0.444 e. The molecular formula is C30H45N5O4S. The number of likely N-dealkylation sites (tertiary alicyclic amines) is 2. The van der Waals surface area contributed by atoms with Gasteiger partial charge in [0, 0.05) is 49.3 Å². The Morgan fingerprint density at radius 1 is 1.15 bits per heavy atom. The summed E-state index contributed by atoms with van der Waals surface area (Å²) < 4.78 is 5.46. The third kappa shape index (κ3) is 6.94. The van der Waals surface area contributed by atoms with Crippen molar-refractivity contribution in [3.05, 3.63) is 23.4 Å². The molecule has 2 saturated heterocycles. The van der Waals surface area contributed by atoms with Gasteiger partial charge in [-0.3, -0.25) is 19.8 Å². The van der Waals surface area contributed by atoms with Gasteiger partial charge in [0.15, 0.2) is 0 Å². The highest BCUT2D eigenvalue weighted by molar-refractivity contribution is 7.23. The first-order valence-corrected chi connectivity index (χ1v) is 15.4. The topological polar surface area (TPSA) is 95.1 Å². The van der Waals surface area contributed by atoms with E-state index in [1.54, 1.807) is 0 Å². The van der Waals surface area contributed by atoms with Gasteiger partial charge in [-0.15, -0.1) is 0 Å². The van der Waals surface area contributed by atoms with Crippen molar-refractivity contribution in [2.45, 2.75) is 91.8 Å². The number of nitrogens with zero attached hydrogens (tertiary/aromatic N) is 4. The quantitative estimate of drug-likeness (QED) is 0.490. The zero-order valence-corrected chi connectivity index (χ0v) is 25.9. The van der Waals surface area contributed by atoms with Crippen molar-refractivity contribution in [1.29, 1.82) is 0 Å². The van der Waals surface area contributed by atoms with Gasteiger partial charge in [-0.1, -0.05) is 11.3 Å². The first-order chi connectivity index (χ1) is 18.9. The zero-order valence-electron chi connectivity index (χ0n) is 25.1. The second kappa shape index (κ2) is 12.4. The summed E-state index contributed by atoms with van der Waals surface area (Å²) in [6.07, 6.45) is 3.11. The number of thiophene rings is 1. The van der Waals surface area contributed by atoms with Crippen LogP contribution in [0.25, 0.3) is 10.2 Å². The van der Waals surface area contributed by atoms with Crippen LogP contribution in [0.15, 0.2) is 12.1 Å². The fourth-order valence-corrected chi connectivity index (χ4v) is 7.01. The molecular weight excluding hydrogens is 526 g/mol. The van der Waals surface area contributed by atoms with Gasteiger partial charge in [0.2, 0.25) is 5.91 Å². The fourth-order valence-electron chi connectivity index (χ4n) is 5.91. The average molecular weight is 572 g/mol. The molecule has 0 aliphatic carbocycles. The number of aryl methyl sites for hydroxylation is 1. The molecule has 1 atom stereocenters. The lowest BCUT2D eigenvalue weighted by Gasteiger charge is -2.43. The standard InChI is InChI=1S/C30H45N5O4S/c1-8-35(19(2)3)27(36)21-10-9-15-34(18-21)22-13-16-33(17-14-22)28(37)24-23-12-11-20(4)31-25(23)40-26(24)32-29(38)39-30(5,6)7/h11-12,19,21-22H,8-10,13-18H2,1-7H3,(H,32,38). The molecule has 3 amide bonds. The number of aromatic nitrogens is 1. The number of anilines is 1. The van der Waals surface area contributed by atoms with Gasteiger partial charge in [0.25, 0.3) is 5.91 Å². The molecule has 2 fully saturated rings. The summed E-state index contributed by atoms with van der Waals surface area (Å²) in [6, 6.07) is 4.37. The summed E-state index contributed by atoms with van der Waals surface area (Å²) in [7, 11) is 0. The van der Waals surface area contributed by atoms with Gasteiger partial charge in [0.05, 0.1) is 11.5 Å². The smallest absolute Gasteiger partial charge is 0.412 e. The van der Waals surface area contributed by atoms with Gasteiger partial charge in [-0.2, -0.15) is 0 Å². The number of amides is 3. The molecule has 0 saturated carbocycles. The zero-order chi connectivity index (χ0) is 29.2. The van der Waals surface area contributed by atoms with Crippen LogP contribution < -0.4 is 5.32 Å². The summed E-state index contributed by atoms with van der Waals surface area (Å²) in [5.41, 5.74) is 0.684. The number of carbonyl (C=O) groups is 3. The number of nitrogens with one attached hydrogen (secondary N) is 1. The van der Waals surface area contributed by atoms with Crippen LogP contribution in [0.1, 0.15) is 83.3 Å². The van der Waals surface area contributed by atoms with Crippen molar-refractivity contribution in [3.8, 4) is 0 Å². The molecule has 1 N–H and O–H groups in total. The molecule has 4 heterocycles. The van der Waals surface area contributed by atoms with Crippen molar-refractivity contribution >= 4 is 44.5 Å². The number of piperidine rings is 2. The highest BCUT2D eigenvalue weighted by Crippen LogP contribution is 2.37. The second-order valence-corrected chi connectivity index (χ2v) is 13.3. The van der Waals surface area contributed by atoms with Gasteiger partial charge in [-0.05, 0) is 92.8 Å². The molecule has 1 unspecified atom stereocenters. The molecule has 4 rings (SSSR count). The van der Waals surface area contributed by atoms with Gasteiger partial charge in [0.1, 0.15) is 15.4 Å². The fraction of sp³-hybridized carbons (Fsp3) is 0.667. The van der Waals surface area contributed by atoms with Gasteiger partial charge in [-0.25, -0.2) is 9.78 Å². The van der Waals surface area contributed by atoms with Crippen molar-refractivity contribution < 1.29 is 19.1 Å². The highest BCUT2D eigenvalue weighted by atomic mass is 32.1. The van der Waals surface area contributed by atoms with Crippen molar-refractivity contribution in [2.75, 3.05) is 38.0 Å². The predicted octanol–water partition coefficient (Wildman–Crippen LogP) is 5.53. The maximum Gasteiger partial charge on any atom is 0.412 e. The minimum Gasteiger partial charge on any atom is -0.444 e. The van der Waals surface area contributed by atoms with E-state index in [1.807, 2.05) is 56.6 Å². The van der Waals surface area contributed by atoms with Crippen LogP contribution in [0.4, 0.5) is 9.80 Å². The van der Waals surface area contributed by atoms with Crippen LogP contribution in [0.2, 0.25) is 0 Å². The van der Waals surface area contributed by atoms with E-state index in [4.69, 9.17) is 4.74 Å². The second-order valence-electron chi connectivity index (χ2n) is 12.3. The third-order valence-corrected chi connectivity index (χ3v) is 8.86. The SMILES string of the molecule is CCN(C(=O)C1CCCN(C2CCN(C(=O)c3c(NC(=O)OC(C)(C)C)sc4nc(C)ccc34)CC2)C1)C(C)C. The van der Waals surface area contributed by atoms with Gasteiger partial charge >= 0.3 is 6.09 Å². The van der Waals surface area contributed by atoms with Crippen molar-refractivity contribution in [3.63, 3.8) is 0 Å². The Hall–Kier alpha value is -2.72. The predicted molar refractivity (Wildman–Crippen MR) is 160 cm³/mol. The summed E-state index contributed by atoms with van der Waals surface area (Å²) in [4.78, 5) is 51.4. The van der Waals surface area contributed by atoms with E-state index < -0.39 is 11.7 Å². The molecule has 2 aliphatic heterocycles. The van der Waals surface area contributed by atoms with Crippen LogP contribution in [0.5, 0.6) is 0 Å². The average Bonchev–Trinajstić information content (AvgIpc) is 3.23. The summed E-state index contributed by atoms with van der Waals surface area (Å²) in [5.74, 6) is 0.224. The van der Waals surface area contributed by atoms with E-state index in [0.717, 1.165) is 61.2 Å². The van der Waals surface area contributed by atoms with Crippen LogP contribution in [0, 0.1) is 12.8 Å². The lowest BCUT2D eigenvalue weighted by molar-refractivity contribution is -0.139. The summed E-state index contributed by atoms with van der Waals surface area (Å²) >= 11 is 1.30. The lowest BCUT2D eigenvalue weighted by Crippen LogP contribution is -2.52. The first kappa shape index (κ1) is 30.2. The molecule has 220 valence electrons. The van der Waals surface area contributed by atoms with Crippen LogP contribution in [0.3, 0.4) is 0 Å². The number of hydrogen-bond acceptors (Lipinski definition) is 7. The summed E-state index contributed by atoms with van der Waals surface area (Å²) in [6.45, 7) is 17.4. The molecule has 9 nitrogen and oxygen atoms in total. The number of pyridine rings is 1. The lowest BCUT2D eigenvalue weighted by atomic mass is 9.92. The Morgan fingerprint density at radius 3 is 2.48 bits per heavy atom. The maximum absolute atomic E-state index is 13.9. The number of hydrogen-bond donors (Lipinski definition) is 1. The van der Waals surface area contributed by atoms with E-state index in [2.05, 4.69) is 29.0 Å². The Morgan fingerprint density at radius 2 is 1.85 bits per heavy atom. The minimum absolute atomic E-state index is 0.0466. The molecule has 2 aliphatic rings. The Labute approximate surface area is 242 Å².